The highest BCUT2D eigenvalue weighted by atomic mass is 32.1. The summed E-state index contributed by atoms with van der Waals surface area (Å²) in [5, 5.41) is 19.6. The zero-order valence-electron chi connectivity index (χ0n) is 13.5. The van der Waals surface area contributed by atoms with Gasteiger partial charge in [-0.15, -0.1) is 11.3 Å². The molecule has 24 heavy (non-hydrogen) atoms. The Morgan fingerprint density at radius 1 is 1.33 bits per heavy atom. The largest absolute Gasteiger partial charge is 0.363 e. The lowest BCUT2D eigenvalue weighted by Crippen LogP contribution is -2.02. The van der Waals surface area contributed by atoms with Gasteiger partial charge in [-0.2, -0.15) is 0 Å². The van der Waals surface area contributed by atoms with Crippen LogP contribution in [-0.4, -0.2) is 21.9 Å². The Hall–Kier alpha value is -2.22. The van der Waals surface area contributed by atoms with Crippen LogP contribution in [0.4, 0.5) is 10.8 Å². The average Bonchev–Trinajstić information content (AvgIpc) is 3.24. The molecule has 1 unspecified atom stereocenters. The number of ether oxygens (including phenoxy) is 1. The highest BCUT2D eigenvalue weighted by molar-refractivity contribution is 7.14. The number of anilines is 2. The van der Waals surface area contributed by atoms with Crippen LogP contribution in [0.15, 0.2) is 40.2 Å². The first kappa shape index (κ1) is 16.6. The summed E-state index contributed by atoms with van der Waals surface area (Å²) in [6.07, 6.45) is -0.137. The molecule has 0 aliphatic heterocycles. The fourth-order valence-electron chi connectivity index (χ4n) is 2.28. The van der Waals surface area contributed by atoms with Gasteiger partial charge in [-0.25, -0.2) is 4.98 Å². The number of aryl methyl sites for hydroxylation is 1. The van der Waals surface area contributed by atoms with Gasteiger partial charge in [0, 0.05) is 23.7 Å². The third-order valence-corrected chi connectivity index (χ3v) is 4.26. The Morgan fingerprint density at radius 2 is 2.17 bits per heavy atom. The normalized spacial score (nSPS) is 12.3. The second-order valence-corrected chi connectivity index (χ2v) is 5.96. The molecule has 0 aliphatic carbocycles. The van der Waals surface area contributed by atoms with Crippen molar-refractivity contribution in [2.45, 2.75) is 26.6 Å². The fraction of sp³-hybridized carbons (Fsp3) is 0.294. The summed E-state index contributed by atoms with van der Waals surface area (Å²) in [4.78, 5) is 4.52. The van der Waals surface area contributed by atoms with Gasteiger partial charge in [-0.1, -0.05) is 30.3 Å². The minimum absolute atomic E-state index is 0.339. The monoisotopic (exact) mass is 345 g/mol. The molecule has 0 amide bonds. The highest BCUT2D eigenvalue weighted by Gasteiger charge is 2.16. The molecule has 2 aromatic heterocycles. The lowest BCUT2D eigenvalue weighted by atomic mass is 10.1. The Labute approximate surface area is 144 Å². The number of para-hydroxylation sites is 1. The number of nitrogens with zero attached hydrogens (tertiary/aromatic N) is 2. The first-order valence-electron chi connectivity index (χ1n) is 7.78. The molecule has 0 bridgehead atoms. The zero-order valence-corrected chi connectivity index (χ0v) is 14.3. The van der Waals surface area contributed by atoms with Crippen LogP contribution >= 0.6 is 11.3 Å². The molecule has 0 spiro atoms. The molecule has 0 fully saturated rings. The molecular weight excluding hydrogens is 326 g/mol. The standard InChI is InChI=1S/C17H19N3O3S/c1-3-11-7-5-6-8-12(11)18-17-19-14(10-24-17)15-9-13(20-23-15)16(21)22-4-2/h5-10,16,21H,3-4H2,1-2H3,(H,18,19). The summed E-state index contributed by atoms with van der Waals surface area (Å²) in [7, 11) is 0. The van der Waals surface area contributed by atoms with Crippen LogP contribution in [0.3, 0.4) is 0 Å². The molecule has 0 aliphatic rings. The van der Waals surface area contributed by atoms with Crippen molar-refractivity contribution in [1.82, 2.24) is 10.1 Å². The van der Waals surface area contributed by atoms with Crippen LogP contribution < -0.4 is 5.32 Å². The van der Waals surface area contributed by atoms with E-state index in [1.54, 1.807) is 13.0 Å². The third-order valence-electron chi connectivity index (χ3n) is 3.50. The Balaban J connectivity index is 1.76. The van der Waals surface area contributed by atoms with Crippen molar-refractivity contribution in [3.8, 4) is 11.5 Å². The van der Waals surface area contributed by atoms with E-state index in [0.717, 1.165) is 17.2 Å². The van der Waals surface area contributed by atoms with Gasteiger partial charge in [0.15, 0.2) is 10.9 Å². The van der Waals surface area contributed by atoms with Crippen molar-refractivity contribution in [2.75, 3.05) is 11.9 Å². The second-order valence-electron chi connectivity index (χ2n) is 5.10. The fourth-order valence-corrected chi connectivity index (χ4v) is 2.99. The van der Waals surface area contributed by atoms with E-state index in [1.807, 2.05) is 23.6 Å². The van der Waals surface area contributed by atoms with Gasteiger partial charge >= 0.3 is 0 Å². The molecule has 0 radical (unpaired) electrons. The Kier molecular flexibility index (Phi) is 5.24. The van der Waals surface area contributed by atoms with Crippen LogP contribution in [0, 0.1) is 0 Å². The minimum atomic E-state index is -1.08. The maximum atomic E-state index is 9.76. The predicted octanol–water partition coefficient (Wildman–Crippen LogP) is 4.13. The number of aliphatic hydroxyl groups is 1. The number of nitrogens with one attached hydrogen (secondary N) is 1. The topological polar surface area (TPSA) is 80.4 Å². The van der Waals surface area contributed by atoms with Gasteiger partial charge in [-0.05, 0) is 25.0 Å². The summed E-state index contributed by atoms with van der Waals surface area (Å²) in [5.74, 6) is 0.497. The van der Waals surface area contributed by atoms with E-state index in [-0.39, 0.29) is 0 Å². The van der Waals surface area contributed by atoms with Crippen molar-refractivity contribution < 1.29 is 14.4 Å². The number of rotatable bonds is 7. The average molecular weight is 345 g/mol. The SMILES string of the molecule is CCOC(O)c1cc(-c2csc(Nc3ccccc3CC)n2)on1. The molecule has 6 nitrogen and oxygen atoms in total. The van der Waals surface area contributed by atoms with Crippen LogP contribution in [0.2, 0.25) is 0 Å². The number of thiazole rings is 1. The smallest absolute Gasteiger partial charge is 0.202 e. The Morgan fingerprint density at radius 3 is 2.96 bits per heavy atom. The maximum Gasteiger partial charge on any atom is 0.202 e. The second kappa shape index (κ2) is 7.57. The molecule has 2 N–H and O–H groups in total. The molecule has 126 valence electrons. The van der Waals surface area contributed by atoms with Crippen molar-refractivity contribution in [2.24, 2.45) is 0 Å². The van der Waals surface area contributed by atoms with Crippen molar-refractivity contribution in [3.05, 3.63) is 47.0 Å². The number of hydrogen-bond acceptors (Lipinski definition) is 7. The molecule has 0 saturated heterocycles. The number of benzene rings is 1. The van der Waals surface area contributed by atoms with E-state index in [0.29, 0.717) is 23.8 Å². The molecule has 2 heterocycles. The highest BCUT2D eigenvalue weighted by Crippen LogP contribution is 2.29. The maximum absolute atomic E-state index is 9.76. The molecule has 0 saturated carbocycles. The van der Waals surface area contributed by atoms with Crippen LogP contribution in [0.25, 0.3) is 11.5 Å². The summed E-state index contributed by atoms with van der Waals surface area (Å²) in [6.45, 7) is 4.31. The van der Waals surface area contributed by atoms with Gasteiger partial charge in [0.1, 0.15) is 11.4 Å². The van der Waals surface area contributed by atoms with Crippen molar-refractivity contribution in [1.29, 1.82) is 0 Å². The summed E-state index contributed by atoms with van der Waals surface area (Å²) in [6, 6.07) is 9.78. The van der Waals surface area contributed by atoms with Crippen LogP contribution in [0.1, 0.15) is 31.4 Å². The van der Waals surface area contributed by atoms with Gasteiger partial charge in [0.25, 0.3) is 0 Å². The lowest BCUT2D eigenvalue weighted by Gasteiger charge is -2.07. The summed E-state index contributed by atoms with van der Waals surface area (Å²) < 4.78 is 10.3. The molecule has 1 aromatic carbocycles. The molecule has 1 atom stereocenters. The van der Waals surface area contributed by atoms with Gasteiger partial charge in [-0.3, -0.25) is 0 Å². The Bertz CT molecular complexity index is 800. The first-order valence-corrected chi connectivity index (χ1v) is 8.66. The van der Waals surface area contributed by atoms with E-state index in [1.165, 1.54) is 16.9 Å². The van der Waals surface area contributed by atoms with Crippen LogP contribution in [-0.2, 0) is 11.2 Å². The summed E-state index contributed by atoms with van der Waals surface area (Å²) in [5.41, 5.74) is 3.28. The van der Waals surface area contributed by atoms with E-state index < -0.39 is 6.29 Å². The molecule has 3 aromatic rings. The van der Waals surface area contributed by atoms with Crippen molar-refractivity contribution >= 4 is 22.2 Å². The quantitative estimate of drug-likeness (QED) is 0.627. The molecular formula is C17H19N3O3S. The number of aromatic nitrogens is 2. The van der Waals surface area contributed by atoms with E-state index in [9.17, 15) is 5.11 Å². The van der Waals surface area contributed by atoms with E-state index >= 15 is 0 Å². The zero-order chi connectivity index (χ0) is 16.9. The van der Waals surface area contributed by atoms with Crippen molar-refractivity contribution in [3.63, 3.8) is 0 Å². The van der Waals surface area contributed by atoms with Gasteiger partial charge in [0.2, 0.25) is 6.29 Å². The van der Waals surface area contributed by atoms with Crippen LogP contribution in [0.5, 0.6) is 0 Å². The van der Waals surface area contributed by atoms with Gasteiger partial charge in [0.05, 0.1) is 0 Å². The minimum Gasteiger partial charge on any atom is -0.363 e. The lowest BCUT2D eigenvalue weighted by molar-refractivity contribution is -0.102. The third kappa shape index (κ3) is 3.64. The van der Waals surface area contributed by atoms with E-state index in [4.69, 9.17) is 9.26 Å². The predicted molar refractivity (Wildman–Crippen MR) is 93.3 cm³/mol. The van der Waals surface area contributed by atoms with E-state index in [2.05, 4.69) is 28.4 Å². The number of aliphatic hydroxyl groups excluding tert-OH is 1. The number of hydrogen-bond donors (Lipinski definition) is 2. The van der Waals surface area contributed by atoms with Gasteiger partial charge < -0.3 is 19.7 Å². The first-order chi connectivity index (χ1) is 11.7. The molecule has 3 rings (SSSR count). The molecule has 7 heteroatoms. The summed E-state index contributed by atoms with van der Waals surface area (Å²) >= 11 is 1.48.